The lowest BCUT2D eigenvalue weighted by molar-refractivity contribution is -0.107. The van der Waals surface area contributed by atoms with Gasteiger partial charge in [-0.15, -0.1) is 13.2 Å². The summed E-state index contributed by atoms with van der Waals surface area (Å²) < 4.78 is 32.6. The van der Waals surface area contributed by atoms with Gasteiger partial charge in [0.25, 0.3) is 28.8 Å². The van der Waals surface area contributed by atoms with E-state index in [1.165, 1.54) is 51.1 Å². The van der Waals surface area contributed by atoms with Gasteiger partial charge in [0, 0.05) is 160 Å². The third kappa shape index (κ3) is 23.6. The average molecular weight is 1690 g/mol. The van der Waals surface area contributed by atoms with E-state index in [0.29, 0.717) is 76.0 Å². The molecule has 6 bridgehead atoms. The zero-order chi connectivity index (χ0) is 79.4. The number of amides is 9. The van der Waals surface area contributed by atoms with Gasteiger partial charge >= 0.3 is 18.1 Å². The van der Waals surface area contributed by atoms with Crippen LogP contribution in [0.5, 0.6) is 0 Å². The van der Waals surface area contributed by atoms with Gasteiger partial charge in [-0.3, -0.25) is 63.6 Å². The van der Waals surface area contributed by atoms with E-state index in [4.69, 9.17) is 39.1 Å². The standard InChI is InChI=1S/C19H26N6O4.C16H22N6O4.C10H16N4O2.C9H11IN2O2.C8H4N4O2.C6H14N2O.C4H8O/c1-2-9-29-25-16-12-15(13-23(14-16)19(25)27)24-5-3-17(21-24)18(26)20-4-6-22-7-10-28-11-8-22;23-15(17-2-4-19-5-7-26-8-6-19)14-1-3-21(18-14)12-9-13-11-20(10-12)16(24)22(13)25;15-10(9-1-2-12-13-9)11-3-4-14-5-7-16-8-6-14;1-2-3-14-12-8-4-7(10)5-11(6-8)9(12)13;13-7-5-1-3-9-11(5)8(14)6-2-4-10-12(6)7;7-1-2-8-3-5-9-6-4-8;1-2-4-5-3-1/h2-3,5,12,16H,1,4,6-11,13-14H2,(H,20,26);1,3,9,13,25H,2,4-8,10-11H2,(H,17,23);1-2H,3-8H2,(H,11,15)(H,12,13);2,4,8H,1,3,5-6H2;1-4H;1-7H2;1-4H2. The Bertz CT molecular complexity index is 4190. The number of nitrogens with two attached hydrogens (primary N) is 1. The van der Waals surface area contributed by atoms with Crippen LogP contribution in [0.15, 0.2) is 118 Å². The number of aromatic nitrogens is 10. The van der Waals surface area contributed by atoms with Crippen LogP contribution in [0.25, 0.3) is 22.4 Å². The molecule has 0 saturated carbocycles. The Kier molecular flexibility index (Phi) is 32.2. The second kappa shape index (κ2) is 43.1. The highest BCUT2D eigenvalue weighted by Crippen LogP contribution is 2.29. The number of morpholine rings is 4. The third-order valence-electron chi connectivity index (χ3n) is 19.3. The van der Waals surface area contributed by atoms with Crippen LogP contribution >= 0.6 is 22.6 Å². The fourth-order valence-electron chi connectivity index (χ4n) is 13.3. The summed E-state index contributed by atoms with van der Waals surface area (Å²) in [6.07, 6.45) is 19.5. The number of carbonyl (C=O) groups is 6. The van der Waals surface area contributed by atoms with E-state index >= 15 is 0 Å². The molecule has 6 aromatic heterocycles. The topological polar surface area (TPSA) is 415 Å². The van der Waals surface area contributed by atoms with Crippen molar-refractivity contribution in [3.63, 3.8) is 0 Å². The fraction of sp³-hybridized carbons (Fsp3) is 0.542. The number of nitrogens with one attached hydrogen (secondary N) is 4. The molecule has 8 fully saturated rings. The highest BCUT2D eigenvalue weighted by atomic mass is 127. The van der Waals surface area contributed by atoms with E-state index in [0.717, 1.165) is 183 Å². The molecule has 0 aliphatic carbocycles. The van der Waals surface area contributed by atoms with Gasteiger partial charge in [-0.1, -0.05) is 12.2 Å². The molecule has 11 aliphatic heterocycles. The minimum atomic E-state index is -0.408. The van der Waals surface area contributed by atoms with Crippen LogP contribution in [0.2, 0.25) is 0 Å². The first-order chi connectivity index (χ1) is 55.1. The van der Waals surface area contributed by atoms with Crippen molar-refractivity contribution in [3.05, 3.63) is 146 Å². The van der Waals surface area contributed by atoms with Crippen molar-refractivity contribution in [2.24, 2.45) is 5.73 Å². The van der Waals surface area contributed by atoms with Gasteiger partial charge in [0.1, 0.15) is 16.7 Å². The molecule has 612 valence electrons. The first kappa shape index (κ1) is 84.4. The predicted octanol–water partition coefficient (Wildman–Crippen LogP) is -0.453. The number of nitrogens with zero attached hydrogens (tertiary/aromatic N) is 19. The van der Waals surface area contributed by atoms with E-state index in [2.05, 4.69) is 108 Å². The van der Waals surface area contributed by atoms with Crippen LogP contribution < -0.4 is 32.8 Å². The van der Waals surface area contributed by atoms with Crippen LogP contribution in [0, 0.1) is 0 Å². The molecule has 9 amide bonds. The largest absolute Gasteiger partial charge is 0.381 e. The van der Waals surface area contributed by atoms with Crippen LogP contribution in [-0.4, -0.2) is 381 Å². The van der Waals surface area contributed by atoms with Crippen LogP contribution in [0.4, 0.5) is 14.4 Å². The number of rotatable bonds is 22. The van der Waals surface area contributed by atoms with Gasteiger partial charge in [-0.2, -0.15) is 49.7 Å². The molecule has 17 rings (SSSR count). The summed E-state index contributed by atoms with van der Waals surface area (Å²) in [7, 11) is 0. The lowest BCUT2D eigenvalue weighted by Gasteiger charge is -2.26. The van der Waals surface area contributed by atoms with Crippen molar-refractivity contribution in [2.75, 3.05) is 223 Å². The van der Waals surface area contributed by atoms with Crippen molar-refractivity contribution >= 4 is 80.8 Å². The molecule has 17 heterocycles. The molecule has 41 heteroatoms. The molecule has 3 unspecified atom stereocenters. The lowest BCUT2D eigenvalue weighted by Crippen LogP contribution is -2.41. The Labute approximate surface area is 665 Å². The van der Waals surface area contributed by atoms with Gasteiger partial charge in [0.05, 0.1) is 128 Å². The summed E-state index contributed by atoms with van der Waals surface area (Å²) in [4.78, 5) is 120. The molecule has 8 saturated heterocycles. The third-order valence-corrected chi connectivity index (χ3v) is 20.0. The molecule has 40 nitrogen and oxygen atoms in total. The van der Waals surface area contributed by atoms with Crippen LogP contribution in [-0.2, 0) is 33.4 Å². The van der Waals surface area contributed by atoms with E-state index in [-0.39, 0.29) is 76.7 Å². The minimum Gasteiger partial charge on any atom is -0.381 e. The van der Waals surface area contributed by atoms with Gasteiger partial charge in [-0.25, -0.2) is 23.7 Å². The second-order valence-electron chi connectivity index (χ2n) is 27.1. The number of ether oxygens (including phenoxy) is 5. The maximum Gasteiger partial charge on any atom is 0.345 e. The Balaban J connectivity index is 0.000000137. The van der Waals surface area contributed by atoms with Gasteiger partial charge in [0.15, 0.2) is 11.4 Å². The van der Waals surface area contributed by atoms with Crippen molar-refractivity contribution in [3.8, 4) is 0 Å². The highest BCUT2D eigenvalue weighted by Gasteiger charge is 2.43. The van der Waals surface area contributed by atoms with Crippen molar-refractivity contribution in [1.82, 2.24) is 114 Å². The molecule has 11 aliphatic rings. The maximum atomic E-state index is 12.4. The normalized spacial score (nSPS) is 20.9. The smallest absolute Gasteiger partial charge is 0.345 e. The van der Waals surface area contributed by atoms with Crippen LogP contribution in [0.1, 0.15) is 44.3 Å². The quantitative estimate of drug-likeness (QED) is 0.0285. The van der Waals surface area contributed by atoms with E-state index in [1.54, 1.807) is 79.1 Å². The number of hydrogen-bond donors (Lipinski definition) is 6. The van der Waals surface area contributed by atoms with Gasteiger partial charge in [0.2, 0.25) is 0 Å². The summed E-state index contributed by atoms with van der Waals surface area (Å²) in [5, 5.41) is 44.5. The number of urea groups is 3. The number of aromatic amines is 1. The molecule has 7 N–H and O–H groups in total. The summed E-state index contributed by atoms with van der Waals surface area (Å²) in [5.74, 6) is -0.536. The minimum absolute atomic E-state index is 0.0419. The zero-order valence-electron chi connectivity index (χ0n) is 63.3. The first-order valence-corrected chi connectivity index (χ1v) is 39.0. The van der Waals surface area contributed by atoms with Crippen LogP contribution in [0.3, 0.4) is 0 Å². The molecule has 0 aromatic carbocycles. The summed E-state index contributed by atoms with van der Waals surface area (Å²) in [6.45, 7) is 32.9. The van der Waals surface area contributed by atoms with Crippen molar-refractivity contribution < 1.29 is 67.3 Å². The molecule has 0 radical (unpaired) electrons. The first-order valence-electron chi connectivity index (χ1n) is 37.9. The highest BCUT2D eigenvalue weighted by molar-refractivity contribution is 14.1. The average Bonchev–Trinajstić information content (AvgIpc) is 1.65. The predicted molar refractivity (Wildman–Crippen MR) is 418 cm³/mol. The number of hydrogen-bond acceptors (Lipinski definition) is 26. The summed E-state index contributed by atoms with van der Waals surface area (Å²) in [5.41, 5.74) is 7.98. The second-order valence-corrected chi connectivity index (χ2v) is 28.5. The molecule has 0 spiro atoms. The van der Waals surface area contributed by atoms with E-state index in [1.807, 2.05) is 6.08 Å². The summed E-state index contributed by atoms with van der Waals surface area (Å²) >= 11 is 2.25. The van der Waals surface area contributed by atoms with Crippen molar-refractivity contribution in [1.29, 1.82) is 0 Å². The van der Waals surface area contributed by atoms with E-state index in [9.17, 15) is 43.6 Å². The maximum absolute atomic E-state index is 12.4. The molecule has 113 heavy (non-hydrogen) atoms. The molecule has 6 aromatic rings. The zero-order valence-corrected chi connectivity index (χ0v) is 65.4. The number of halogens is 1. The number of fused-ring (bicyclic) bond motifs is 8. The Morgan fingerprint density at radius 1 is 0.531 bits per heavy atom. The summed E-state index contributed by atoms with van der Waals surface area (Å²) in [6, 6.07) is 6.87. The number of H-pyrrole nitrogens is 1. The molecular formula is C72H101IN24O16. The lowest BCUT2D eigenvalue weighted by atomic mass is 10.2. The van der Waals surface area contributed by atoms with E-state index < -0.39 is 6.03 Å². The number of hydroxylamine groups is 6. The molecular weight excluding hydrogens is 1580 g/mol. The van der Waals surface area contributed by atoms with Gasteiger partial charge in [-0.05, 0) is 84.0 Å². The number of carbonyl (C=O) groups excluding carboxylic acids is 6. The van der Waals surface area contributed by atoms with Crippen molar-refractivity contribution in [2.45, 2.75) is 31.0 Å². The molecule has 3 atom stereocenters. The Hall–Kier alpha value is -9.48. The van der Waals surface area contributed by atoms with Gasteiger partial charge < -0.3 is 60.1 Å². The SMILES string of the molecule is C1CCOC1.C=CCON1C(=O)N2CC(I)=CC1C2.C=CCON1C(=O)N2CC(n3ccc(C(=O)NCCN4CCOCC4)n3)=CC1C2.NCCN1CCOCC1.O=C(NCCN1CCOCC1)c1ccn(C2=CC3CN(C2)C(=O)N3O)n1.O=C(NCCN1CCOCC1)c1ccn[nH]1.O=c1c2ccnn2c(=O)c2ccnn12. The Morgan fingerprint density at radius 2 is 0.938 bits per heavy atom. The fourth-order valence-corrected chi connectivity index (χ4v) is 14.1. The monoisotopic (exact) mass is 1680 g/mol. The Morgan fingerprint density at radius 3 is 1.35 bits per heavy atom.